The minimum atomic E-state index is 0.381. The van der Waals surface area contributed by atoms with Crippen molar-refractivity contribution in [2.24, 2.45) is 0 Å². The Labute approximate surface area is 91.4 Å². The molecule has 70 valence electrons. The molecule has 2 aromatic rings. The number of nitrogens with zero attached hydrogens (tertiary/aromatic N) is 1. The maximum absolute atomic E-state index is 8.70. The molecule has 1 heterocycles. The Kier molecular flexibility index (Phi) is 2.36. The van der Waals surface area contributed by atoms with Gasteiger partial charge in [0.15, 0.2) is 0 Å². The van der Waals surface area contributed by atoms with E-state index in [0.717, 1.165) is 25.5 Å². The molecule has 0 atom stereocenters. The number of thiol groups is 1. The van der Waals surface area contributed by atoms with Crippen molar-refractivity contribution in [2.45, 2.75) is 11.3 Å². The number of thiophene rings is 1. The number of nitriles is 1. The molecule has 0 saturated carbocycles. The first-order chi connectivity index (χ1) is 6.72. The topological polar surface area (TPSA) is 49.8 Å². The van der Waals surface area contributed by atoms with E-state index in [9.17, 15) is 0 Å². The summed E-state index contributed by atoms with van der Waals surface area (Å²) < 4.78 is 1.12. The van der Waals surface area contributed by atoms with Crippen LogP contribution in [0, 0.1) is 11.3 Å². The van der Waals surface area contributed by atoms with Gasteiger partial charge >= 0.3 is 0 Å². The molecule has 0 saturated heterocycles. The highest BCUT2D eigenvalue weighted by Crippen LogP contribution is 2.33. The Morgan fingerprint density at radius 3 is 3.00 bits per heavy atom. The monoisotopic (exact) mass is 220 g/mol. The van der Waals surface area contributed by atoms with E-state index in [0.29, 0.717) is 6.42 Å². The van der Waals surface area contributed by atoms with E-state index in [1.54, 1.807) is 0 Å². The average molecular weight is 220 g/mol. The fourth-order valence-corrected chi connectivity index (χ4v) is 2.58. The van der Waals surface area contributed by atoms with E-state index in [1.807, 2.05) is 18.2 Å². The summed E-state index contributed by atoms with van der Waals surface area (Å²) in [4.78, 5) is 0.858. The third-order valence-corrected chi connectivity index (χ3v) is 3.41. The van der Waals surface area contributed by atoms with Crippen LogP contribution < -0.4 is 5.73 Å². The molecule has 2 rings (SSSR count). The largest absolute Gasteiger partial charge is 0.391 e. The molecule has 0 aliphatic rings. The first-order valence-electron chi connectivity index (χ1n) is 4.09. The van der Waals surface area contributed by atoms with Crippen molar-refractivity contribution >= 4 is 39.1 Å². The van der Waals surface area contributed by atoms with Gasteiger partial charge in [0, 0.05) is 9.60 Å². The summed E-state index contributed by atoms with van der Waals surface area (Å²) in [5.41, 5.74) is 6.69. The number of hydrogen-bond donors (Lipinski definition) is 2. The molecule has 0 spiro atoms. The van der Waals surface area contributed by atoms with E-state index in [-0.39, 0.29) is 0 Å². The maximum Gasteiger partial charge on any atom is 0.0868 e. The summed E-state index contributed by atoms with van der Waals surface area (Å²) >= 11 is 5.87. The second-order valence-corrected chi connectivity index (χ2v) is 4.56. The molecule has 0 aliphatic carbocycles. The summed E-state index contributed by atoms with van der Waals surface area (Å²) in [6.07, 6.45) is 0.381. The number of anilines is 1. The number of benzene rings is 1. The molecule has 0 bridgehead atoms. The minimum absolute atomic E-state index is 0.381. The molecule has 14 heavy (non-hydrogen) atoms. The lowest BCUT2D eigenvalue weighted by Gasteiger charge is -2.01. The van der Waals surface area contributed by atoms with Crippen molar-refractivity contribution < 1.29 is 0 Å². The first-order valence-corrected chi connectivity index (χ1v) is 5.35. The first kappa shape index (κ1) is 9.38. The van der Waals surface area contributed by atoms with Crippen LogP contribution in [-0.4, -0.2) is 0 Å². The molecular weight excluding hydrogens is 212 g/mol. The van der Waals surface area contributed by atoms with Gasteiger partial charge in [-0.25, -0.2) is 0 Å². The van der Waals surface area contributed by atoms with Crippen molar-refractivity contribution in [3.05, 3.63) is 23.8 Å². The van der Waals surface area contributed by atoms with Crippen LogP contribution in [0.15, 0.2) is 23.1 Å². The predicted molar refractivity (Wildman–Crippen MR) is 62.8 cm³/mol. The molecular formula is C10H8N2S2. The van der Waals surface area contributed by atoms with Crippen LogP contribution in [0.4, 0.5) is 5.00 Å². The van der Waals surface area contributed by atoms with Gasteiger partial charge in [0.1, 0.15) is 0 Å². The lowest BCUT2D eigenvalue weighted by atomic mass is 10.1. The van der Waals surface area contributed by atoms with E-state index in [1.165, 1.54) is 11.3 Å². The van der Waals surface area contributed by atoms with E-state index in [2.05, 4.69) is 18.7 Å². The minimum Gasteiger partial charge on any atom is -0.391 e. The molecule has 4 heteroatoms. The molecule has 2 nitrogen and oxygen atoms in total. The van der Waals surface area contributed by atoms with E-state index in [4.69, 9.17) is 11.0 Å². The number of rotatable bonds is 1. The van der Waals surface area contributed by atoms with Crippen molar-refractivity contribution in [3.63, 3.8) is 0 Å². The van der Waals surface area contributed by atoms with Gasteiger partial charge in [-0.15, -0.1) is 24.0 Å². The van der Waals surface area contributed by atoms with Crippen LogP contribution >= 0.6 is 24.0 Å². The highest BCUT2D eigenvalue weighted by atomic mass is 32.1. The third-order valence-electron chi connectivity index (χ3n) is 2.06. The van der Waals surface area contributed by atoms with Crippen molar-refractivity contribution in [1.82, 2.24) is 0 Å². The van der Waals surface area contributed by atoms with Gasteiger partial charge in [-0.1, -0.05) is 0 Å². The number of nitrogens with two attached hydrogens (primary N) is 1. The fraction of sp³-hybridized carbons (Fsp3) is 0.100. The SMILES string of the molecule is N#CCc1c(S)ccc2sc(N)cc12. The highest BCUT2D eigenvalue weighted by Gasteiger charge is 2.07. The van der Waals surface area contributed by atoms with Crippen molar-refractivity contribution in [1.29, 1.82) is 5.26 Å². The van der Waals surface area contributed by atoms with Gasteiger partial charge in [-0.05, 0) is 29.1 Å². The summed E-state index contributed by atoms with van der Waals surface area (Å²) in [7, 11) is 0. The van der Waals surface area contributed by atoms with Gasteiger partial charge in [-0.2, -0.15) is 5.26 Å². The summed E-state index contributed by atoms with van der Waals surface area (Å²) in [6.45, 7) is 0. The van der Waals surface area contributed by atoms with Crippen LogP contribution in [0.1, 0.15) is 5.56 Å². The van der Waals surface area contributed by atoms with Gasteiger partial charge in [-0.3, -0.25) is 0 Å². The van der Waals surface area contributed by atoms with Gasteiger partial charge in [0.2, 0.25) is 0 Å². The van der Waals surface area contributed by atoms with Gasteiger partial charge in [0.25, 0.3) is 0 Å². The molecule has 1 aromatic carbocycles. The average Bonchev–Trinajstić information content (AvgIpc) is 2.51. The summed E-state index contributed by atoms with van der Waals surface area (Å²) in [6, 6.07) is 7.95. The summed E-state index contributed by atoms with van der Waals surface area (Å²) in [5.74, 6) is 0. The van der Waals surface area contributed by atoms with Crippen LogP contribution in [0.5, 0.6) is 0 Å². The number of fused-ring (bicyclic) bond motifs is 1. The molecule has 0 amide bonds. The van der Waals surface area contributed by atoms with Gasteiger partial charge in [0.05, 0.1) is 17.5 Å². The normalized spacial score (nSPS) is 10.3. The Balaban J connectivity index is 2.76. The van der Waals surface area contributed by atoms with E-state index >= 15 is 0 Å². The van der Waals surface area contributed by atoms with Crippen molar-refractivity contribution in [3.8, 4) is 6.07 Å². The molecule has 0 radical (unpaired) electrons. The molecule has 0 fully saturated rings. The lowest BCUT2D eigenvalue weighted by molar-refractivity contribution is 1.22. The second-order valence-electron chi connectivity index (χ2n) is 2.96. The van der Waals surface area contributed by atoms with Crippen LogP contribution in [0.25, 0.3) is 10.1 Å². The maximum atomic E-state index is 8.70. The second kappa shape index (κ2) is 3.52. The lowest BCUT2D eigenvalue weighted by Crippen LogP contribution is -1.84. The van der Waals surface area contributed by atoms with E-state index < -0.39 is 0 Å². The quantitative estimate of drug-likeness (QED) is 0.726. The zero-order valence-corrected chi connectivity index (χ0v) is 9.03. The Bertz CT molecular complexity index is 523. The molecule has 2 N–H and O–H groups in total. The smallest absolute Gasteiger partial charge is 0.0868 e. The molecule has 1 aromatic heterocycles. The number of nitrogen functional groups attached to an aromatic ring is 1. The number of hydrogen-bond acceptors (Lipinski definition) is 4. The standard InChI is InChI=1S/C10H8N2S2/c11-4-3-6-7-5-10(12)14-9(7)2-1-8(6)13/h1-2,5,13H,3,12H2. The zero-order valence-electron chi connectivity index (χ0n) is 7.32. The van der Waals surface area contributed by atoms with Crippen LogP contribution in [-0.2, 0) is 6.42 Å². The molecule has 0 aliphatic heterocycles. The Hall–Kier alpha value is -1.18. The Morgan fingerprint density at radius 1 is 1.50 bits per heavy atom. The van der Waals surface area contributed by atoms with Crippen LogP contribution in [0.3, 0.4) is 0 Å². The summed E-state index contributed by atoms with van der Waals surface area (Å²) in [5, 5.41) is 10.5. The fourth-order valence-electron chi connectivity index (χ4n) is 1.44. The molecule has 0 unspecified atom stereocenters. The highest BCUT2D eigenvalue weighted by molar-refractivity contribution is 7.80. The van der Waals surface area contributed by atoms with Crippen molar-refractivity contribution in [2.75, 3.05) is 5.73 Å². The third kappa shape index (κ3) is 1.45. The van der Waals surface area contributed by atoms with Gasteiger partial charge < -0.3 is 5.73 Å². The zero-order chi connectivity index (χ0) is 10.1. The van der Waals surface area contributed by atoms with Crippen LogP contribution in [0.2, 0.25) is 0 Å². The Morgan fingerprint density at radius 2 is 2.29 bits per heavy atom. The predicted octanol–water partition coefficient (Wildman–Crippen LogP) is 2.84.